The van der Waals surface area contributed by atoms with E-state index in [0.29, 0.717) is 23.9 Å². The number of nitrogens with zero attached hydrogens (tertiary/aromatic N) is 4. The lowest BCUT2D eigenvalue weighted by Gasteiger charge is -2.37. The normalized spacial score (nSPS) is 25.4. The highest BCUT2D eigenvalue weighted by Crippen LogP contribution is 2.47. The van der Waals surface area contributed by atoms with Gasteiger partial charge >= 0.3 is 0 Å². The Morgan fingerprint density at radius 3 is 1.39 bits per heavy atom. The van der Waals surface area contributed by atoms with Gasteiger partial charge in [-0.15, -0.1) is 0 Å². The molecular formula is C48H64N4O2S2. The maximum atomic E-state index is 6.19. The van der Waals surface area contributed by atoms with Crippen LogP contribution in [0.2, 0.25) is 0 Å². The van der Waals surface area contributed by atoms with Gasteiger partial charge < -0.3 is 19.3 Å². The van der Waals surface area contributed by atoms with E-state index in [-0.39, 0.29) is 0 Å². The second-order valence-electron chi connectivity index (χ2n) is 17.3. The van der Waals surface area contributed by atoms with E-state index in [1.165, 1.54) is 163 Å². The van der Waals surface area contributed by atoms with Crippen molar-refractivity contribution in [2.75, 3.05) is 78.7 Å². The summed E-state index contributed by atoms with van der Waals surface area (Å²) >= 11 is 3.63. The predicted molar refractivity (Wildman–Crippen MR) is 233 cm³/mol. The number of piperidine rings is 2. The first kappa shape index (κ1) is 38.8. The van der Waals surface area contributed by atoms with Crippen molar-refractivity contribution in [2.45, 2.75) is 101 Å². The summed E-state index contributed by atoms with van der Waals surface area (Å²) in [7, 11) is 0. The average molecular weight is 793 g/mol. The highest BCUT2D eigenvalue weighted by molar-refractivity contribution is 7.08. The van der Waals surface area contributed by atoms with Crippen LogP contribution in [-0.2, 0) is 0 Å². The number of hydrogen-bond donors (Lipinski definition) is 0. The smallest absolute Gasteiger partial charge is 0.119 e. The minimum absolute atomic E-state index is 0.517. The molecular weight excluding hydrogens is 729 g/mol. The second-order valence-corrected chi connectivity index (χ2v) is 18.9. The summed E-state index contributed by atoms with van der Waals surface area (Å²) < 4.78 is 12.4. The number of rotatable bonds is 12. The van der Waals surface area contributed by atoms with Gasteiger partial charge in [-0.05, 0) is 195 Å². The fourth-order valence-electron chi connectivity index (χ4n) is 10.8. The van der Waals surface area contributed by atoms with Crippen molar-refractivity contribution in [3.05, 3.63) is 103 Å². The molecule has 300 valence electrons. The number of hydrogen-bond acceptors (Lipinski definition) is 8. The Bertz CT molecular complexity index is 1670. The maximum absolute atomic E-state index is 6.19. The van der Waals surface area contributed by atoms with Crippen LogP contribution in [-0.4, -0.2) is 98.3 Å². The Morgan fingerprint density at radius 1 is 0.500 bits per heavy atom. The van der Waals surface area contributed by atoms with Crippen molar-refractivity contribution in [3.63, 3.8) is 0 Å². The summed E-state index contributed by atoms with van der Waals surface area (Å²) in [4.78, 5) is 10.6. The van der Waals surface area contributed by atoms with E-state index in [0.717, 1.165) is 37.6 Å². The zero-order chi connectivity index (χ0) is 37.5. The molecule has 0 amide bonds. The molecule has 4 aromatic rings. The summed E-state index contributed by atoms with van der Waals surface area (Å²) in [6.07, 6.45) is 15.8. The van der Waals surface area contributed by atoms with Gasteiger partial charge in [0.25, 0.3) is 0 Å². The third-order valence-electron chi connectivity index (χ3n) is 13.7. The molecule has 8 heterocycles. The summed E-state index contributed by atoms with van der Waals surface area (Å²) in [6.45, 7) is 14.0. The third kappa shape index (κ3) is 9.11. The van der Waals surface area contributed by atoms with Crippen molar-refractivity contribution in [1.82, 2.24) is 19.6 Å². The van der Waals surface area contributed by atoms with E-state index in [4.69, 9.17) is 9.47 Å². The van der Waals surface area contributed by atoms with Gasteiger partial charge in [0.15, 0.2) is 0 Å². The Hall–Kier alpha value is -2.72. The van der Waals surface area contributed by atoms with E-state index in [9.17, 15) is 0 Å². The van der Waals surface area contributed by atoms with Crippen LogP contribution in [0.5, 0.6) is 11.5 Å². The maximum Gasteiger partial charge on any atom is 0.119 e. The molecule has 0 unspecified atom stereocenters. The largest absolute Gasteiger partial charge is 0.494 e. The predicted octanol–water partition coefficient (Wildman–Crippen LogP) is 10.6. The first-order chi connectivity index (χ1) is 27.8. The van der Waals surface area contributed by atoms with E-state index >= 15 is 0 Å². The van der Waals surface area contributed by atoms with E-state index in [1.54, 1.807) is 0 Å². The molecule has 56 heavy (non-hydrogen) atoms. The van der Waals surface area contributed by atoms with E-state index in [2.05, 4.69) is 89.7 Å². The van der Waals surface area contributed by atoms with E-state index in [1.807, 2.05) is 22.7 Å². The zero-order valence-corrected chi connectivity index (χ0v) is 35.3. The van der Waals surface area contributed by atoms with Crippen LogP contribution in [0.4, 0.5) is 0 Å². The highest BCUT2D eigenvalue weighted by Gasteiger charge is 2.38. The Morgan fingerprint density at radius 2 is 0.964 bits per heavy atom. The van der Waals surface area contributed by atoms with Crippen molar-refractivity contribution in [2.24, 2.45) is 0 Å². The number of benzene rings is 2. The fraction of sp³-hybridized carbons (Fsp3) is 0.583. The molecule has 4 saturated heterocycles. The highest BCUT2D eigenvalue weighted by atomic mass is 32.1. The summed E-state index contributed by atoms with van der Waals surface area (Å²) in [6, 6.07) is 19.7. The van der Waals surface area contributed by atoms with Gasteiger partial charge in [-0.2, -0.15) is 22.7 Å². The minimum atomic E-state index is 0.517. The Kier molecular flexibility index (Phi) is 13.1. The number of thiophene rings is 2. The molecule has 4 fully saturated rings. The topological polar surface area (TPSA) is 31.4 Å². The van der Waals surface area contributed by atoms with Crippen molar-refractivity contribution < 1.29 is 9.47 Å². The third-order valence-corrected chi connectivity index (χ3v) is 15.1. The monoisotopic (exact) mass is 792 g/mol. The molecule has 8 heteroatoms. The first-order valence-electron chi connectivity index (χ1n) is 22.3. The lowest BCUT2D eigenvalue weighted by atomic mass is 9.82. The number of fused-ring (bicyclic) bond motifs is 6. The lowest BCUT2D eigenvalue weighted by Crippen LogP contribution is -2.34. The quantitative estimate of drug-likeness (QED) is 0.133. The van der Waals surface area contributed by atoms with Crippen molar-refractivity contribution >= 4 is 22.7 Å². The molecule has 10 rings (SSSR count). The average Bonchev–Trinajstić information content (AvgIpc) is 4.10. The molecule has 4 atom stereocenters. The summed E-state index contributed by atoms with van der Waals surface area (Å²) in [5.41, 5.74) is 9.06. The summed E-state index contributed by atoms with van der Waals surface area (Å²) in [5, 5.41) is 9.08. The van der Waals surface area contributed by atoms with Crippen molar-refractivity contribution in [1.29, 1.82) is 0 Å². The van der Waals surface area contributed by atoms with Gasteiger partial charge in [0, 0.05) is 50.1 Å². The molecule has 0 radical (unpaired) electrons. The molecule has 6 aliphatic heterocycles. The number of ether oxygens (including phenoxy) is 2. The molecule has 6 nitrogen and oxygen atoms in total. The van der Waals surface area contributed by atoms with Gasteiger partial charge in [0.1, 0.15) is 11.5 Å². The van der Waals surface area contributed by atoms with Gasteiger partial charge in [-0.3, -0.25) is 9.80 Å². The fourth-order valence-corrected chi connectivity index (χ4v) is 12.2. The van der Waals surface area contributed by atoms with Gasteiger partial charge in [0.05, 0.1) is 13.2 Å². The SMILES string of the molecule is c1cc([C@@H]2CN3CCC[C@H]3c3cc(OCCCN4CCCCC4)ccc32)cs1.c1cc([C@H]2CN3CCC[C@H]3c3cc(OCCCN4CCCCC4)ccc32)cs1. The Labute approximate surface area is 344 Å². The van der Waals surface area contributed by atoms with Gasteiger partial charge in [-0.25, -0.2) is 0 Å². The molecule has 2 aromatic heterocycles. The number of likely N-dealkylation sites (tertiary alicyclic amines) is 2. The van der Waals surface area contributed by atoms with Crippen LogP contribution in [0.25, 0.3) is 0 Å². The Balaban J connectivity index is 0.000000146. The molecule has 2 aromatic carbocycles. The van der Waals surface area contributed by atoms with Crippen molar-refractivity contribution in [3.8, 4) is 11.5 Å². The first-order valence-corrected chi connectivity index (χ1v) is 24.2. The van der Waals surface area contributed by atoms with Crippen LogP contribution < -0.4 is 9.47 Å². The molecule has 0 N–H and O–H groups in total. The van der Waals surface area contributed by atoms with E-state index < -0.39 is 0 Å². The zero-order valence-electron chi connectivity index (χ0n) is 33.6. The molecule has 0 saturated carbocycles. The van der Waals surface area contributed by atoms with Crippen LogP contribution in [0.3, 0.4) is 0 Å². The lowest BCUT2D eigenvalue weighted by molar-refractivity contribution is 0.204. The standard InChI is InChI=1S/2C24H32N2OS/c2*1-2-10-25(11-3-1)12-5-14-27-20-7-8-21-22(16-20)24-6-4-13-26(24)17-23(21)19-9-15-28-18-19/h2*7-9,15-16,18,23-24H,1-6,10-14,17H2/t23-,24+;23-,24-/m10/s1. The van der Waals surface area contributed by atoms with Crippen LogP contribution in [0, 0.1) is 0 Å². The molecule has 0 bridgehead atoms. The summed E-state index contributed by atoms with van der Waals surface area (Å²) in [5.74, 6) is 3.16. The molecule has 0 aliphatic carbocycles. The van der Waals surface area contributed by atoms with Crippen LogP contribution in [0.15, 0.2) is 70.1 Å². The van der Waals surface area contributed by atoms with Crippen LogP contribution in [0.1, 0.15) is 134 Å². The molecule has 6 aliphatic rings. The van der Waals surface area contributed by atoms with Crippen LogP contribution >= 0.6 is 22.7 Å². The van der Waals surface area contributed by atoms with Gasteiger partial charge in [-0.1, -0.05) is 25.0 Å². The van der Waals surface area contributed by atoms with Gasteiger partial charge in [0.2, 0.25) is 0 Å². The molecule has 0 spiro atoms. The minimum Gasteiger partial charge on any atom is -0.494 e. The second kappa shape index (κ2) is 18.9.